The summed E-state index contributed by atoms with van der Waals surface area (Å²) >= 11 is 0. The summed E-state index contributed by atoms with van der Waals surface area (Å²) < 4.78 is 11.2. The molecule has 1 unspecified atom stereocenters. The first-order valence-electron chi connectivity index (χ1n) is 8.36. The first-order chi connectivity index (χ1) is 12.2. The average molecular weight is 336 g/mol. The fourth-order valence-electron chi connectivity index (χ4n) is 2.65. The van der Waals surface area contributed by atoms with Crippen LogP contribution in [0, 0.1) is 11.3 Å². The lowest BCUT2D eigenvalue weighted by atomic mass is 10.1. The summed E-state index contributed by atoms with van der Waals surface area (Å²) in [4.78, 5) is 12.2. The molecule has 0 saturated carbocycles. The first kappa shape index (κ1) is 17.0. The fraction of sp³-hybridized carbons (Fsp3) is 0.300. The maximum Gasteiger partial charge on any atom is 0.251 e. The van der Waals surface area contributed by atoms with Crippen molar-refractivity contribution in [3.05, 3.63) is 65.2 Å². The molecule has 1 amide bonds. The van der Waals surface area contributed by atoms with Crippen LogP contribution in [0.1, 0.15) is 34.3 Å². The largest absolute Gasteiger partial charge is 0.491 e. The molecular weight excluding hydrogens is 316 g/mol. The Hall–Kier alpha value is -2.84. The topological polar surface area (TPSA) is 71.4 Å². The average Bonchev–Trinajstić information content (AvgIpc) is 3.19. The van der Waals surface area contributed by atoms with E-state index in [-0.39, 0.29) is 12.0 Å². The van der Waals surface area contributed by atoms with Gasteiger partial charge in [0.15, 0.2) is 0 Å². The third-order valence-corrected chi connectivity index (χ3v) is 4.11. The Morgan fingerprint density at radius 2 is 1.96 bits per heavy atom. The molecule has 25 heavy (non-hydrogen) atoms. The molecule has 1 N–H and O–H groups in total. The minimum atomic E-state index is -0.143. The Bertz CT molecular complexity index is 742. The number of nitrogens with zero attached hydrogens (tertiary/aromatic N) is 1. The van der Waals surface area contributed by atoms with Crippen molar-refractivity contribution in [1.29, 1.82) is 5.26 Å². The van der Waals surface area contributed by atoms with Gasteiger partial charge in [0, 0.05) is 18.7 Å². The molecular formula is C20H20N2O3. The minimum Gasteiger partial charge on any atom is -0.491 e. The smallest absolute Gasteiger partial charge is 0.251 e. The zero-order valence-corrected chi connectivity index (χ0v) is 13.9. The van der Waals surface area contributed by atoms with Crippen molar-refractivity contribution in [3.8, 4) is 11.8 Å². The van der Waals surface area contributed by atoms with Crippen LogP contribution < -0.4 is 10.1 Å². The third-order valence-electron chi connectivity index (χ3n) is 4.11. The number of hydrogen-bond acceptors (Lipinski definition) is 4. The molecule has 1 saturated heterocycles. The molecule has 0 aromatic heterocycles. The van der Waals surface area contributed by atoms with Crippen LogP contribution in [0.3, 0.4) is 0 Å². The highest BCUT2D eigenvalue weighted by atomic mass is 16.5. The van der Waals surface area contributed by atoms with Gasteiger partial charge >= 0.3 is 0 Å². The quantitative estimate of drug-likeness (QED) is 0.880. The van der Waals surface area contributed by atoms with Crippen molar-refractivity contribution in [2.24, 2.45) is 0 Å². The molecule has 1 fully saturated rings. The van der Waals surface area contributed by atoms with Crippen molar-refractivity contribution in [3.63, 3.8) is 0 Å². The molecule has 0 bridgehead atoms. The SMILES string of the molecule is N#Cc1ccc(CNC(=O)c2ccc(OCC3CCCO3)cc2)cc1. The number of nitrogens with one attached hydrogen (secondary N) is 1. The van der Waals surface area contributed by atoms with E-state index in [1.807, 2.05) is 12.1 Å². The number of ether oxygens (including phenoxy) is 2. The van der Waals surface area contributed by atoms with E-state index in [1.54, 1.807) is 36.4 Å². The van der Waals surface area contributed by atoms with Gasteiger partial charge in [-0.25, -0.2) is 0 Å². The number of carbonyl (C=O) groups excluding carboxylic acids is 1. The van der Waals surface area contributed by atoms with E-state index in [1.165, 1.54) is 0 Å². The van der Waals surface area contributed by atoms with Crippen molar-refractivity contribution in [1.82, 2.24) is 5.32 Å². The van der Waals surface area contributed by atoms with Gasteiger partial charge in [0.1, 0.15) is 12.4 Å². The van der Waals surface area contributed by atoms with E-state index in [4.69, 9.17) is 14.7 Å². The molecule has 1 atom stereocenters. The first-order valence-corrected chi connectivity index (χ1v) is 8.36. The van der Waals surface area contributed by atoms with Crippen LogP contribution in [-0.2, 0) is 11.3 Å². The van der Waals surface area contributed by atoms with Crippen LogP contribution in [0.2, 0.25) is 0 Å². The zero-order valence-electron chi connectivity index (χ0n) is 13.9. The summed E-state index contributed by atoms with van der Waals surface area (Å²) in [5.41, 5.74) is 2.13. The second-order valence-electron chi connectivity index (χ2n) is 5.96. The monoisotopic (exact) mass is 336 g/mol. The summed E-state index contributed by atoms with van der Waals surface area (Å²) in [5, 5.41) is 11.6. The number of carbonyl (C=O) groups is 1. The van der Waals surface area contributed by atoms with Gasteiger partial charge in [-0.2, -0.15) is 5.26 Å². The Kier molecular flexibility index (Phi) is 5.65. The summed E-state index contributed by atoms with van der Waals surface area (Å²) in [6.45, 7) is 1.78. The number of hydrogen-bond donors (Lipinski definition) is 1. The summed E-state index contributed by atoms with van der Waals surface area (Å²) in [6.07, 6.45) is 2.30. The summed E-state index contributed by atoms with van der Waals surface area (Å²) in [6, 6.07) is 16.3. The van der Waals surface area contributed by atoms with Gasteiger partial charge < -0.3 is 14.8 Å². The molecule has 1 aliphatic heterocycles. The van der Waals surface area contributed by atoms with E-state index < -0.39 is 0 Å². The zero-order chi connectivity index (χ0) is 17.5. The number of benzene rings is 2. The predicted octanol–water partition coefficient (Wildman–Crippen LogP) is 3.05. The lowest BCUT2D eigenvalue weighted by Gasteiger charge is -2.12. The number of amides is 1. The minimum absolute atomic E-state index is 0.143. The van der Waals surface area contributed by atoms with Crippen LogP contribution in [0.5, 0.6) is 5.75 Å². The summed E-state index contributed by atoms with van der Waals surface area (Å²) in [7, 11) is 0. The highest BCUT2D eigenvalue weighted by Gasteiger charge is 2.16. The molecule has 0 radical (unpaired) electrons. The molecule has 5 heteroatoms. The van der Waals surface area contributed by atoms with Gasteiger partial charge in [0.25, 0.3) is 5.91 Å². The van der Waals surface area contributed by atoms with Crippen LogP contribution in [0.4, 0.5) is 0 Å². The lowest BCUT2D eigenvalue weighted by molar-refractivity contribution is 0.0679. The second-order valence-corrected chi connectivity index (χ2v) is 5.96. The van der Waals surface area contributed by atoms with E-state index in [9.17, 15) is 4.79 Å². The standard InChI is InChI=1S/C20H20N2O3/c21-12-15-3-5-16(6-4-15)13-22-20(23)17-7-9-18(10-8-17)25-14-19-2-1-11-24-19/h3-10,19H,1-2,11,13-14H2,(H,22,23). The van der Waals surface area contributed by atoms with E-state index in [0.29, 0.717) is 24.3 Å². The Morgan fingerprint density at radius 3 is 2.60 bits per heavy atom. The van der Waals surface area contributed by atoms with Gasteiger partial charge in [0.2, 0.25) is 0 Å². The van der Waals surface area contributed by atoms with Crippen LogP contribution in [0.15, 0.2) is 48.5 Å². The Balaban J connectivity index is 1.48. The van der Waals surface area contributed by atoms with E-state index >= 15 is 0 Å². The highest BCUT2D eigenvalue weighted by molar-refractivity contribution is 5.94. The molecule has 0 spiro atoms. The van der Waals surface area contributed by atoms with Gasteiger partial charge in [-0.15, -0.1) is 0 Å². The van der Waals surface area contributed by atoms with Gasteiger partial charge in [-0.05, 0) is 54.8 Å². The fourth-order valence-corrected chi connectivity index (χ4v) is 2.65. The normalized spacial score (nSPS) is 16.2. The van der Waals surface area contributed by atoms with E-state index in [2.05, 4.69) is 11.4 Å². The maximum absolute atomic E-state index is 12.2. The van der Waals surface area contributed by atoms with Crippen molar-refractivity contribution >= 4 is 5.91 Å². The summed E-state index contributed by atoms with van der Waals surface area (Å²) in [5.74, 6) is 0.592. The van der Waals surface area contributed by atoms with Crippen LogP contribution in [-0.4, -0.2) is 25.2 Å². The molecule has 128 valence electrons. The van der Waals surface area contributed by atoms with Crippen LogP contribution in [0.25, 0.3) is 0 Å². The van der Waals surface area contributed by atoms with Crippen molar-refractivity contribution < 1.29 is 14.3 Å². The van der Waals surface area contributed by atoms with Crippen molar-refractivity contribution in [2.45, 2.75) is 25.5 Å². The second kappa shape index (κ2) is 8.32. The molecule has 1 aliphatic rings. The van der Waals surface area contributed by atoms with Gasteiger partial charge in [0.05, 0.1) is 17.7 Å². The van der Waals surface area contributed by atoms with Gasteiger partial charge in [-0.1, -0.05) is 12.1 Å². The third kappa shape index (κ3) is 4.82. The number of nitriles is 1. The molecule has 5 nitrogen and oxygen atoms in total. The Labute approximate surface area is 147 Å². The molecule has 0 aliphatic carbocycles. The molecule has 2 aromatic carbocycles. The van der Waals surface area contributed by atoms with Crippen molar-refractivity contribution in [2.75, 3.05) is 13.2 Å². The Morgan fingerprint density at radius 1 is 1.20 bits per heavy atom. The van der Waals surface area contributed by atoms with Crippen LogP contribution >= 0.6 is 0 Å². The number of rotatable bonds is 6. The maximum atomic E-state index is 12.2. The molecule has 3 rings (SSSR count). The lowest BCUT2D eigenvalue weighted by Crippen LogP contribution is -2.22. The predicted molar refractivity (Wildman–Crippen MR) is 93.2 cm³/mol. The van der Waals surface area contributed by atoms with E-state index in [0.717, 1.165) is 30.8 Å². The molecule has 1 heterocycles. The highest BCUT2D eigenvalue weighted by Crippen LogP contribution is 2.16. The molecule has 2 aromatic rings. The van der Waals surface area contributed by atoms with Gasteiger partial charge in [-0.3, -0.25) is 4.79 Å².